The number of benzene rings is 3. The second kappa shape index (κ2) is 9.16. The first-order valence-corrected chi connectivity index (χ1v) is 10.9. The van der Waals surface area contributed by atoms with E-state index in [4.69, 9.17) is 23.2 Å². The minimum Gasteiger partial charge on any atom is -0.350 e. The van der Waals surface area contributed by atoms with Crippen molar-refractivity contribution >= 4 is 73.9 Å². The SMILES string of the molecule is O=C(Nc1ccc(Br)cc1)c1cccc(NC2=C(Cl)C(=O)N(c3ccc(Cl)cc3)C2=O)c1. The molecular weight excluding hydrogens is 517 g/mol. The van der Waals surface area contributed by atoms with Gasteiger partial charge >= 0.3 is 0 Å². The van der Waals surface area contributed by atoms with Gasteiger partial charge in [-0.1, -0.05) is 45.2 Å². The molecule has 4 rings (SSSR count). The Balaban J connectivity index is 1.53. The van der Waals surface area contributed by atoms with Gasteiger partial charge in [-0.2, -0.15) is 0 Å². The van der Waals surface area contributed by atoms with Crippen molar-refractivity contribution in [1.82, 2.24) is 0 Å². The van der Waals surface area contributed by atoms with E-state index in [1.807, 2.05) is 12.1 Å². The Labute approximate surface area is 201 Å². The highest BCUT2D eigenvalue weighted by molar-refractivity contribution is 9.10. The summed E-state index contributed by atoms with van der Waals surface area (Å²) in [7, 11) is 0. The van der Waals surface area contributed by atoms with Crippen LogP contribution in [0.1, 0.15) is 10.4 Å². The lowest BCUT2D eigenvalue weighted by atomic mass is 10.1. The number of carbonyl (C=O) groups is 3. The van der Waals surface area contributed by atoms with Crippen LogP contribution in [-0.2, 0) is 9.59 Å². The number of carbonyl (C=O) groups excluding carboxylic acids is 3. The summed E-state index contributed by atoms with van der Waals surface area (Å²) in [6, 6.07) is 19.9. The van der Waals surface area contributed by atoms with Crippen LogP contribution in [0.25, 0.3) is 0 Å². The van der Waals surface area contributed by atoms with Crippen molar-refractivity contribution in [3.05, 3.63) is 98.6 Å². The van der Waals surface area contributed by atoms with Gasteiger partial charge in [-0.15, -0.1) is 0 Å². The van der Waals surface area contributed by atoms with Crippen molar-refractivity contribution in [3.8, 4) is 0 Å². The molecule has 0 saturated heterocycles. The van der Waals surface area contributed by atoms with Crippen LogP contribution in [0.15, 0.2) is 88.0 Å². The molecule has 0 radical (unpaired) electrons. The molecule has 0 spiro atoms. The molecule has 32 heavy (non-hydrogen) atoms. The molecule has 0 fully saturated rings. The number of halogens is 3. The third-order valence-electron chi connectivity index (χ3n) is 4.61. The minimum absolute atomic E-state index is 0.0721. The number of nitrogens with zero attached hydrogens (tertiary/aromatic N) is 1. The maximum Gasteiger partial charge on any atom is 0.283 e. The molecule has 0 unspecified atom stereocenters. The van der Waals surface area contributed by atoms with Crippen molar-refractivity contribution in [2.24, 2.45) is 0 Å². The van der Waals surface area contributed by atoms with Crippen molar-refractivity contribution in [2.45, 2.75) is 0 Å². The summed E-state index contributed by atoms with van der Waals surface area (Å²) < 4.78 is 0.898. The monoisotopic (exact) mass is 529 g/mol. The quantitative estimate of drug-likeness (QED) is 0.409. The fourth-order valence-corrected chi connectivity index (χ4v) is 3.66. The molecule has 0 bridgehead atoms. The molecule has 3 aromatic rings. The largest absolute Gasteiger partial charge is 0.350 e. The van der Waals surface area contributed by atoms with E-state index in [2.05, 4.69) is 26.6 Å². The minimum atomic E-state index is -0.648. The zero-order chi connectivity index (χ0) is 22.8. The van der Waals surface area contributed by atoms with Gasteiger partial charge in [0.2, 0.25) is 0 Å². The van der Waals surface area contributed by atoms with Gasteiger partial charge in [0.15, 0.2) is 0 Å². The maximum atomic E-state index is 12.9. The average molecular weight is 531 g/mol. The number of hydrogen-bond donors (Lipinski definition) is 2. The molecule has 2 N–H and O–H groups in total. The lowest BCUT2D eigenvalue weighted by Gasteiger charge is -2.15. The van der Waals surface area contributed by atoms with Crippen molar-refractivity contribution in [3.63, 3.8) is 0 Å². The van der Waals surface area contributed by atoms with Crippen LogP contribution in [0.2, 0.25) is 5.02 Å². The van der Waals surface area contributed by atoms with E-state index in [1.54, 1.807) is 60.7 Å². The zero-order valence-corrected chi connectivity index (χ0v) is 19.3. The van der Waals surface area contributed by atoms with E-state index in [9.17, 15) is 14.4 Å². The van der Waals surface area contributed by atoms with Gasteiger partial charge in [0.25, 0.3) is 17.7 Å². The number of nitrogens with one attached hydrogen (secondary N) is 2. The molecule has 9 heteroatoms. The third kappa shape index (κ3) is 4.55. The van der Waals surface area contributed by atoms with Gasteiger partial charge in [0.1, 0.15) is 10.7 Å². The fraction of sp³-hybridized carbons (Fsp3) is 0. The van der Waals surface area contributed by atoms with E-state index < -0.39 is 11.8 Å². The summed E-state index contributed by atoms with van der Waals surface area (Å²) >= 11 is 15.4. The number of anilines is 3. The summed E-state index contributed by atoms with van der Waals surface area (Å²) in [6.45, 7) is 0. The van der Waals surface area contributed by atoms with Gasteiger partial charge in [-0.05, 0) is 66.7 Å². The van der Waals surface area contributed by atoms with Crippen molar-refractivity contribution in [2.75, 3.05) is 15.5 Å². The van der Waals surface area contributed by atoms with Gasteiger partial charge in [-0.3, -0.25) is 14.4 Å². The Bertz CT molecular complexity index is 1260. The second-order valence-corrected chi connectivity index (χ2v) is 8.51. The van der Waals surface area contributed by atoms with Crippen molar-refractivity contribution in [1.29, 1.82) is 0 Å². The molecule has 1 heterocycles. The van der Waals surface area contributed by atoms with Gasteiger partial charge < -0.3 is 10.6 Å². The summed E-state index contributed by atoms with van der Waals surface area (Å²) in [5.74, 6) is -1.58. The lowest BCUT2D eigenvalue weighted by molar-refractivity contribution is -0.120. The first kappa shape index (κ1) is 22.1. The smallest absolute Gasteiger partial charge is 0.283 e. The van der Waals surface area contributed by atoms with E-state index in [0.717, 1.165) is 9.37 Å². The van der Waals surface area contributed by atoms with E-state index in [1.165, 1.54) is 0 Å². The lowest BCUT2D eigenvalue weighted by Crippen LogP contribution is -2.32. The Morgan fingerprint density at radius 2 is 1.53 bits per heavy atom. The molecule has 1 aliphatic rings. The normalized spacial score (nSPS) is 13.5. The molecule has 160 valence electrons. The topological polar surface area (TPSA) is 78.5 Å². The van der Waals surface area contributed by atoms with E-state index in [-0.39, 0.29) is 16.6 Å². The van der Waals surface area contributed by atoms with Crippen LogP contribution in [0.3, 0.4) is 0 Å². The highest BCUT2D eigenvalue weighted by atomic mass is 79.9. The molecule has 0 saturated carbocycles. The van der Waals surface area contributed by atoms with Gasteiger partial charge in [0.05, 0.1) is 5.69 Å². The van der Waals surface area contributed by atoms with Crippen LogP contribution in [0.4, 0.5) is 17.1 Å². The summed E-state index contributed by atoms with van der Waals surface area (Å²) in [5, 5.41) is 5.90. The van der Waals surface area contributed by atoms with Gasteiger partial charge in [0, 0.05) is 26.4 Å². The molecular formula is C23H14BrCl2N3O3. The van der Waals surface area contributed by atoms with Crippen molar-refractivity contribution < 1.29 is 14.4 Å². The van der Waals surface area contributed by atoms with Gasteiger partial charge in [-0.25, -0.2) is 4.90 Å². The molecule has 0 aromatic heterocycles. The Morgan fingerprint density at radius 1 is 0.844 bits per heavy atom. The molecule has 0 atom stereocenters. The van der Waals surface area contributed by atoms with Crippen LogP contribution < -0.4 is 15.5 Å². The Hall–Kier alpha value is -3.13. The summed E-state index contributed by atoms with van der Waals surface area (Å²) in [5.41, 5.74) is 1.71. The molecule has 1 aliphatic heterocycles. The molecule has 3 aromatic carbocycles. The van der Waals surface area contributed by atoms with Crippen LogP contribution in [0, 0.1) is 0 Å². The summed E-state index contributed by atoms with van der Waals surface area (Å²) in [6.07, 6.45) is 0. The van der Waals surface area contributed by atoms with Crippen LogP contribution >= 0.6 is 39.1 Å². The predicted octanol–water partition coefficient (Wildman–Crippen LogP) is 5.79. The molecule has 3 amide bonds. The van der Waals surface area contributed by atoms with Crippen LogP contribution in [0.5, 0.6) is 0 Å². The number of imide groups is 1. The second-order valence-electron chi connectivity index (χ2n) is 6.78. The van der Waals surface area contributed by atoms with E-state index in [0.29, 0.717) is 27.6 Å². The average Bonchev–Trinajstić information content (AvgIpc) is 2.99. The fourth-order valence-electron chi connectivity index (χ4n) is 3.06. The maximum absolute atomic E-state index is 12.9. The number of amides is 3. The Kier molecular flexibility index (Phi) is 6.32. The van der Waals surface area contributed by atoms with Crippen LogP contribution in [-0.4, -0.2) is 17.7 Å². The first-order chi connectivity index (χ1) is 15.3. The highest BCUT2D eigenvalue weighted by Gasteiger charge is 2.38. The zero-order valence-electron chi connectivity index (χ0n) is 16.2. The Morgan fingerprint density at radius 3 is 2.22 bits per heavy atom. The summed E-state index contributed by atoms with van der Waals surface area (Å²) in [4.78, 5) is 39.0. The third-order valence-corrected chi connectivity index (χ3v) is 5.74. The number of rotatable bonds is 5. The standard InChI is InChI=1S/C23H14BrCl2N3O3/c24-14-4-8-16(9-5-14)28-21(30)13-2-1-3-17(12-13)27-20-19(26)22(31)29(23(20)32)18-10-6-15(25)7-11-18/h1-12,27H,(H,28,30). The first-order valence-electron chi connectivity index (χ1n) is 9.31. The number of hydrogen-bond acceptors (Lipinski definition) is 4. The molecule has 0 aliphatic carbocycles. The predicted molar refractivity (Wildman–Crippen MR) is 129 cm³/mol. The molecule has 6 nitrogen and oxygen atoms in total. The highest BCUT2D eigenvalue weighted by Crippen LogP contribution is 2.31. The van der Waals surface area contributed by atoms with E-state index >= 15 is 0 Å².